The molecule has 0 aliphatic heterocycles. The molecule has 0 N–H and O–H groups in total. The third-order valence-corrected chi connectivity index (χ3v) is 5.26. The summed E-state index contributed by atoms with van der Waals surface area (Å²) in [7, 11) is 0. The Morgan fingerprint density at radius 1 is 0.941 bits per heavy atom. The Morgan fingerprint density at radius 3 is 2.50 bits per heavy atom. The van der Waals surface area contributed by atoms with Crippen molar-refractivity contribution in [3.05, 3.63) is 94.5 Å². The second kappa shape index (κ2) is 8.31. The standard InChI is InChI=1S/C23H13ClF3N5O2/c24-17-3-1-2-16-18(8-11-28-21(16)17)32-19(9-12-29-32)22-20(33)10-13-31(30-22)14-4-6-15(7-5-14)34-23(25,26)27/h1-13H. The Kier molecular flexibility index (Phi) is 5.29. The molecule has 0 unspecified atom stereocenters. The highest BCUT2D eigenvalue weighted by molar-refractivity contribution is 6.35. The van der Waals surface area contributed by atoms with Crippen LogP contribution in [0, 0.1) is 0 Å². The minimum Gasteiger partial charge on any atom is -0.406 e. The van der Waals surface area contributed by atoms with Gasteiger partial charge < -0.3 is 4.74 Å². The smallest absolute Gasteiger partial charge is 0.406 e. The average Bonchev–Trinajstić information content (AvgIpc) is 3.28. The van der Waals surface area contributed by atoms with Crippen LogP contribution in [0.4, 0.5) is 13.2 Å². The van der Waals surface area contributed by atoms with Crippen LogP contribution in [0.15, 0.2) is 84.0 Å². The SMILES string of the molecule is O=c1ccn(-c2ccc(OC(F)(F)F)cc2)nc1-c1ccnn1-c1ccnc2c(Cl)cccc12. The number of para-hydroxylation sites is 1. The first-order valence-electron chi connectivity index (χ1n) is 9.84. The molecule has 2 aromatic carbocycles. The van der Waals surface area contributed by atoms with Gasteiger partial charge in [0.15, 0.2) is 5.69 Å². The van der Waals surface area contributed by atoms with Gasteiger partial charge in [0.1, 0.15) is 5.75 Å². The van der Waals surface area contributed by atoms with Gasteiger partial charge in [-0.1, -0.05) is 23.7 Å². The Bertz CT molecular complexity index is 1560. The zero-order valence-corrected chi connectivity index (χ0v) is 17.8. The number of hydrogen-bond donors (Lipinski definition) is 0. The largest absolute Gasteiger partial charge is 0.573 e. The molecule has 34 heavy (non-hydrogen) atoms. The Labute approximate surface area is 194 Å². The molecule has 0 aliphatic carbocycles. The first kappa shape index (κ1) is 21.7. The van der Waals surface area contributed by atoms with Gasteiger partial charge in [0.2, 0.25) is 5.43 Å². The van der Waals surface area contributed by atoms with Crippen LogP contribution in [0.3, 0.4) is 0 Å². The first-order chi connectivity index (χ1) is 16.3. The third-order valence-electron chi connectivity index (χ3n) is 4.96. The summed E-state index contributed by atoms with van der Waals surface area (Å²) >= 11 is 6.28. The van der Waals surface area contributed by atoms with Crippen molar-refractivity contribution in [3.8, 4) is 28.5 Å². The van der Waals surface area contributed by atoms with E-state index in [1.54, 1.807) is 35.1 Å². The number of aromatic nitrogens is 5. The molecule has 0 amide bonds. The summed E-state index contributed by atoms with van der Waals surface area (Å²) in [5.74, 6) is -0.362. The van der Waals surface area contributed by atoms with Crippen molar-refractivity contribution in [1.29, 1.82) is 0 Å². The van der Waals surface area contributed by atoms with E-state index >= 15 is 0 Å². The molecule has 3 aromatic heterocycles. The Morgan fingerprint density at radius 2 is 1.74 bits per heavy atom. The van der Waals surface area contributed by atoms with Crippen LogP contribution < -0.4 is 10.2 Å². The topological polar surface area (TPSA) is 74.8 Å². The fourth-order valence-electron chi connectivity index (χ4n) is 3.51. The molecule has 11 heteroatoms. The van der Waals surface area contributed by atoms with Crippen molar-refractivity contribution in [2.75, 3.05) is 0 Å². The van der Waals surface area contributed by atoms with Crippen LogP contribution in [0.25, 0.3) is 33.7 Å². The van der Waals surface area contributed by atoms with E-state index in [2.05, 4.69) is 19.9 Å². The highest BCUT2D eigenvalue weighted by Gasteiger charge is 2.31. The van der Waals surface area contributed by atoms with Crippen molar-refractivity contribution < 1.29 is 17.9 Å². The van der Waals surface area contributed by atoms with E-state index in [9.17, 15) is 18.0 Å². The van der Waals surface area contributed by atoms with Gasteiger partial charge in [-0.3, -0.25) is 9.78 Å². The molecule has 0 radical (unpaired) electrons. The highest BCUT2D eigenvalue weighted by atomic mass is 35.5. The number of ether oxygens (including phenoxy) is 1. The van der Waals surface area contributed by atoms with Gasteiger partial charge in [-0.25, -0.2) is 9.36 Å². The number of pyridine rings is 1. The summed E-state index contributed by atoms with van der Waals surface area (Å²) in [5, 5.41) is 9.99. The average molecular weight is 484 g/mol. The second-order valence-corrected chi connectivity index (χ2v) is 7.52. The zero-order valence-electron chi connectivity index (χ0n) is 17.1. The van der Waals surface area contributed by atoms with Gasteiger partial charge in [-0.05, 0) is 42.5 Å². The second-order valence-electron chi connectivity index (χ2n) is 7.11. The molecule has 0 spiro atoms. The summed E-state index contributed by atoms with van der Waals surface area (Å²) in [6.07, 6.45) is -0.234. The van der Waals surface area contributed by atoms with Gasteiger partial charge in [-0.15, -0.1) is 13.2 Å². The normalized spacial score (nSPS) is 11.6. The lowest BCUT2D eigenvalue weighted by atomic mass is 10.2. The van der Waals surface area contributed by atoms with Crippen molar-refractivity contribution in [2.45, 2.75) is 6.36 Å². The summed E-state index contributed by atoms with van der Waals surface area (Å²) < 4.78 is 44.1. The summed E-state index contributed by atoms with van der Waals surface area (Å²) in [6.45, 7) is 0. The van der Waals surface area contributed by atoms with Crippen molar-refractivity contribution in [1.82, 2.24) is 24.5 Å². The van der Waals surface area contributed by atoms with E-state index in [0.717, 1.165) is 5.39 Å². The molecule has 0 saturated carbocycles. The van der Waals surface area contributed by atoms with Crippen LogP contribution in [0.1, 0.15) is 0 Å². The summed E-state index contributed by atoms with van der Waals surface area (Å²) in [5.41, 5.74) is 1.83. The Balaban J connectivity index is 1.58. The molecule has 5 aromatic rings. The number of halogens is 4. The summed E-state index contributed by atoms with van der Waals surface area (Å²) in [6, 6.07) is 15.2. The maximum atomic E-state index is 12.7. The third kappa shape index (κ3) is 4.11. The van der Waals surface area contributed by atoms with Gasteiger partial charge in [-0.2, -0.15) is 10.2 Å². The Hall–Kier alpha value is -4.18. The lowest BCUT2D eigenvalue weighted by Gasteiger charge is -2.12. The van der Waals surface area contributed by atoms with E-state index in [4.69, 9.17) is 11.6 Å². The van der Waals surface area contributed by atoms with Gasteiger partial charge >= 0.3 is 6.36 Å². The van der Waals surface area contributed by atoms with Crippen LogP contribution in [-0.4, -0.2) is 30.9 Å². The number of rotatable bonds is 4. The van der Waals surface area contributed by atoms with E-state index in [1.807, 2.05) is 6.07 Å². The predicted molar refractivity (Wildman–Crippen MR) is 119 cm³/mol. The van der Waals surface area contributed by atoms with Gasteiger partial charge in [0.05, 0.1) is 33.8 Å². The minimum atomic E-state index is -4.79. The molecular weight excluding hydrogens is 471 g/mol. The lowest BCUT2D eigenvalue weighted by Crippen LogP contribution is -2.17. The quantitative estimate of drug-likeness (QED) is 0.352. The maximum absolute atomic E-state index is 12.7. The van der Waals surface area contributed by atoms with E-state index < -0.39 is 6.36 Å². The molecule has 3 heterocycles. The van der Waals surface area contributed by atoms with E-state index in [0.29, 0.717) is 27.6 Å². The monoisotopic (exact) mass is 483 g/mol. The zero-order chi connectivity index (χ0) is 23.9. The first-order valence-corrected chi connectivity index (χ1v) is 10.2. The van der Waals surface area contributed by atoms with Crippen LogP contribution in [0.5, 0.6) is 5.75 Å². The number of hydrogen-bond acceptors (Lipinski definition) is 5. The van der Waals surface area contributed by atoms with Crippen molar-refractivity contribution in [3.63, 3.8) is 0 Å². The summed E-state index contributed by atoms with van der Waals surface area (Å²) in [4.78, 5) is 17.0. The fourth-order valence-corrected chi connectivity index (χ4v) is 3.74. The molecule has 5 rings (SSSR count). The van der Waals surface area contributed by atoms with Crippen LogP contribution in [-0.2, 0) is 0 Å². The lowest BCUT2D eigenvalue weighted by molar-refractivity contribution is -0.274. The van der Waals surface area contributed by atoms with Gasteiger partial charge in [0.25, 0.3) is 0 Å². The van der Waals surface area contributed by atoms with Crippen LogP contribution >= 0.6 is 11.6 Å². The minimum absolute atomic E-state index is 0.0996. The van der Waals surface area contributed by atoms with Gasteiger partial charge in [0, 0.05) is 23.8 Å². The molecule has 170 valence electrons. The molecular formula is C23H13ClF3N5O2. The number of alkyl halides is 3. The highest BCUT2D eigenvalue weighted by Crippen LogP contribution is 2.28. The number of nitrogens with zero attached hydrogens (tertiary/aromatic N) is 5. The molecule has 0 saturated heterocycles. The van der Waals surface area contributed by atoms with Crippen LogP contribution in [0.2, 0.25) is 5.02 Å². The van der Waals surface area contributed by atoms with E-state index in [1.165, 1.54) is 47.4 Å². The maximum Gasteiger partial charge on any atom is 0.573 e. The van der Waals surface area contributed by atoms with Crippen molar-refractivity contribution in [2.24, 2.45) is 0 Å². The molecule has 0 fully saturated rings. The predicted octanol–water partition coefficient (Wildman–Crippen LogP) is 5.19. The molecule has 0 aliphatic rings. The van der Waals surface area contributed by atoms with Crippen molar-refractivity contribution >= 4 is 22.5 Å². The fraction of sp³-hybridized carbons (Fsp3) is 0.0435. The molecule has 7 nitrogen and oxygen atoms in total. The molecule has 0 bridgehead atoms. The van der Waals surface area contributed by atoms with E-state index in [-0.39, 0.29) is 16.9 Å². The number of benzene rings is 2. The number of fused-ring (bicyclic) bond motifs is 1. The molecule has 0 atom stereocenters.